The van der Waals surface area contributed by atoms with Gasteiger partial charge in [0, 0.05) is 6.04 Å². The molecule has 0 aromatic carbocycles. The molecule has 1 atom stereocenters. The number of nitrogens with two attached hydrogens (primary N) is 1. The maximum Gasteiger partial charge on any atom is 0.222 e. The normalized spacial score (nSPS) is 12.9. The summed E-state index contributed by atoms with van der Waals surface area (Å²) in [7, 11) is 0. The summed E-state index contributed by atoms with van der Waals surface area (Å²) in [6, 6.07) is 0.138. The van der Waals surface area contributed by atoms with Gasteiger partial charge in [0.05, 0.1) is 6.20 Å². The Morgan fingerprint density at radius 2 is 2.07 bits per heavy atom. The molecule has 1 aromatic heterocycles. The van der Waals surface area contributed by atoms with Gasteiger partial charge in [-0.15, -0.1) is 0 Å². The van der Waals surface area contributed by atoms with E-state index >= 15 is 0 Å². The van der Waals surface area contributed by atoms with E-state index in [1.807, 2.05) is 20.8 Å². The lowest BCUT2D eigenvalue weighted by molar-refractivity contribution is 0.548. The van der Waals surface area contributed by atoms with E-state index in [4.69, 9.17) is 5.73 Å². The van der Waals surface area contributed by atoms with E-state index in [1.54, 1.807) is 0 Å². The lowest BCUT2D eigenvalue weighted by Crippen LogP contribution is -2.23. The summed E-state index contributed by atoms with van der Waals surface area (Å²) in [6.45, 7) is 6.04. The molecule has 4 nitrogen and oxygen atoms in total. The monoisotopic (exact) mass is 198 g/mol. The molecule has 78 valence electrons. The van der Waals surface area contributed by atoms with Gasteiger partial charge in [0.15, 0.2) is 11.6 Å². The minimum Gasteiger partial charge on any atom is -0.368 e. The summed E-state index contributed by atoms with van der Waals surface area (Å²) in [4.78, 5) is 7.32. The van der Waals surface area contributed by atoms with Crippen LogP contribution in [0.4, 0.5) is 16.2 Å². The highest BCUT2D eigenvalue weighted by atomic mass is 19.1. The summed E-state index contributed by atoms with van der Waals surface area (Å²) in [5, 5.41) is 2.94. The third-order valence-electron chi connectivity index (χ3n) is 2.13. The summed E-state index contributed by atoms with van der Waals surface area (Å²) in [6.07, 6.45) is 1.07. The molecule has 0 aliphatic heterocycles. The molecular weight excluding hydrogens is 183 g/mol. The number of nitrogens with one attached hydrogen (secondary N) is 1. The third-order valence-corrected chi connectivity index (χ3v) is 2.13. The number of anilines is 2. The molecule has 0 aliphatic carbocycles. The van der Waals surface area contributed by atoms with Crippen molar-refractivity contribution in [2.75, 3.05) is 11.1 Å². The third kappa shape index (κ3) is 2.55. The Kier molecular flexibility index (Phi) is 3.22. The number of halogens is 1. The Morgan fingerprint density at radius 1 is 1.43 bits per heavy atom. The number of nitrogens with zero attached hydrogens (tertiary/aromatic N) is 2. The van der Waals surface area contributed by atoms with Crippen molar-refractivity contribution in [1.82, 2.24) is 9.97 Å². The van der Waals surface area contributed by atoms with Crippen LogP contribution >= 0.6 is 0 Å². The number of hydrogen-bond acceptors (Lipinski definition) is 4. The van der Waals surface area contributed by atoms with Crippen molar-refractivity contribution in [2.24, 2.45) is 5.92 Å². The second-order valence-corrected chi connectivity index (χ2v) is 3.60. The van der Waals surface area contributed by atoms with Gasteiger partial charge in [0.2, 0.25) is 5.95 Å². The van der Waals surface area contributed by atoms with Crippen LogP contribution in [0.2, 0.25) is 0 Å². The molecule has 1 heterocycles. The molecule has 1 rings (SSSR count). The van der Waals surface area contributed by atoms with Crippen LogP contribution in [0.25, 0.3) is 0 Å². The Balaban J connectivity index is 2.80. The number of nitrogen functional groups attached to an aromatic ring is 1. The van der Waals surface area contributed by atoms with Gasteiger partial charge >= 0.3 is 0 Å². The summed E-state index contributed by atoms with van der Waals surface area (Å²) >= 11 is 0. The molecule has 0 saturated carbocycles. The fourth-order valence-corrected chi connectivity index (χ4v) is 0.864. The van der Waals surface area contributed by atoms with Crippen molar-refractivity contribution < 1.29 is 4.39 Å². The minimum absolute atomic E-state index is 0.0739. The van der Waals surface area contributed by atoms with E-state index in [-0.39, 0.29) is 17.8 Å². The minimum atomic E-state index is -0.480. The molecule has 3 N–H and O–H groups in total. The maximum absolute atomic E-state index is 13.2. The Bertz CT molecular complexity index is 314. The molecule has 5 heteroatoms. The van der Waals surface area contributed by atoms with Gasteiger partial charge < -0.3 is 11.1 Å². The smallest absolute Gasteiger partial charge is 0.222 e. The second-order valence-electron chi connectivity index (χ2n) is 3.60. The molecule has 0 unspecified atom stereocenters. The first-order chi connectivity index (χ1) is 6.50. The average Bonchev–Trinajstić information content (AvgIpc) is 2.11. The van der Waals surface area contributed by atoms with Gasteiger partial charge in [-0.3, -0.25) is 0 Å². The lowest BCUT2D eigenvalue weighted by atomic mass is 10.1. The van der Waals surface area contributed by atoms with Crippen molar-refractivity contribution in [3.63, 3.8) is 0 Å². The molecule has 0 spiro atoms. The van der Waals surface area contributed by atoms with Gasteiger partial charge in [-0.25, -0.2) is 9.37 Å². The second kappa shape index (κ2) is 4.21. The predicted molar refractivity (Wildman–Crippen MR) is 54.3 cm³/mol. The SMILES string of the molecule is CC(C)[C@@H](C)Nc1nc(N)ncc1F. The van der Waals surface area contributed by atoms with Crippen molar-refractivity contribution in [2.45, 2.75) is 26.8 Å². The van der Waals surface area contributed by atoms with Crippen molar-refractivity contribution >= 4 is 11.8 Å². The molecule has 0 bridgehead atoms. The highest BCUT2D eigenvalue weighted by Crippen LogP contribution is 2.14. The van der Waals surface area contributed by atoms with Crippen molar-refractivity contribution in [1.29, 1.82) is 0 Å². The lowest BCUT2D eigenvalue weighted by Gasteiger charge is -2.18. The van der Waals surface area contributed by atoms with Crippen LogP contribution in [-0.2, 0) is 0 Å². The van der Waals surface area contributed by atoms with E-state index < -0.39 is 5.82 Å². The van der Waals surface area contributed by atoms with Crippen LogP contribution < -0.4 is 11.1 Å². The standard InChI is InChI=1S/C9H15FN4/c1-5(2)6(3)13-8-7(10)4-12-9(11)14-8/h4-6H,1-3H3,(H3,11,12,13,14)/t6-/m1/s1. The maximum atomic E-state index is 13.2. The fourth-order valence-electron chi connectivity index (χ4n) is 0.864. The van der Waals surface area contributed by atoms with Crippen molar-refractivity contribution in [3.8, 4) is 0 Å². The molecule has 1 aromatic rings. The fraction of sp³-hybridized carbons (Fsp3) is 0.556. The predicted octanol–water partition coefficient (Wildman–Crippen LogP) is 1.65. The molecule has 0 aliphatic rings. The van der Waals surface area contributed by atoms with Crippen LogP contribution in [0.15, 0.2) is 6.20 Å². The van der Waals surface area contributed by atoms with Crippen LogP contribution in [-0.4, -0.2) is 16.0 Å². The Hall–Kier alpha value is -1.39. The Labute approximate surface area is 82.8 Å². The van der Waals surface area contributed by atoms with Crippen LogP contribution in [0.3, 0.4) is 0 Å². The number of rotatable bonds is 3. The molecule has 0 radical (unpaired) electrons. The summed E-state index contributed by atoms with van der Waals surface area (Å²) < 4.78 is 13.2. The molecule has 0 saturated heterocycles. The van der Waals surface area contributed by atoms with E-state index in [0.29, 0.717) is 5.92 Å². The van der Waals surface area contributed by atoms with Gasteiger partial charge in [-0.05, 0) is 12.8 Å². The average molecular weight is 198 g/mol. The van der Waals surface area contributed by atoms with E-state index in [1.165, 1.54) is 0 Å². The zero-order valence-electron chi connectivity index (χ0n) is 8.58. The van der Waals surface area contributed by atoms with Crippen LogP contribution in [0.5, 0.6) is 0 Å². The summed E-state index contributed by atoms with van der Waals surface area (Å²) in [5.74, 6) is 0.154. The quantitative estimate of drug-likeness (QED) is 0.775. The first-order valence-electron chi connectivity index (χ1n) is 4.55. The highest BCUT2D eigenvalue weighted by molar-refractivity contribution is 5.39. The largest absolute Gasteiger partial charge is 0.368 e. The number of aromatic nitrogens is 2. The molecule has 0 fully saturated rings. The topological polar surface area (TPSA) is 63.8 Å². The first-order valence-corrected chi connectivity index (χ1v) is 4.55. The molecule has 0 amide bonds. The van der Waals surface area contributed by atoms with Gasteiger partial charge in [-0.1, -0.05) is 13.8 Å². The number of hydrogen-bond donors (Lipinski definition) is 2. The van der Waals surface area contributed by atoms with Gasteiger partial charge in [-0.2, -0.15) is 4.98 Å². The van der Waals surface area contributed by atoms with Gasteiger partial charge in [0.25, 0.3) is 0 Å². The zero-order chi connectivity index (χ0) is 10.7. The van der Waals surface area contributed by atoms with Crippen LogP contribution in [0, 0.1) is 11.7 Å². The first kappa shape index (κ1) is 10.7. The van der Waals surface area contributed by atoms with Crippen LogP contribution in [0.1, 0.15) is 20.8 Å². The zero-order valence-corrected chi connectivity index (χ0v) is 8.58. The molecular formula is C9H15FN4. The summed E-state index contributed by atoms with van der Waals surface area (Å²) in [5.41, 5.74) is 5.35. The van der Waals surface area contributed by atoms with E-state index in [0.717, 1.165) is 6.20 Å². The Morgan fingerprint density at radius 3 is 2.64 bits per heavy atom. The highest BCUT2D eigenvalue weighted by Gasteiger charge is 2.11. The van der Waals surface area contributed by atoms with E-state index in [2.05, 4.69) is 15.3 Å². The van der Waals surface area contributed by atoms with E-state index in [9.17, 15) is 4.39 Å². The van der Waals surface area contributed by atoms with Crippen molar-refractivity contribution in [3.05, 3.63) is 12.0 Å². The molecule has 14 heavy (non-hydrogen) atoms. The van der Waals surface area contributed by atoms with Gasteiger partial charge in [0.1, 0.15) is 0 Å².